The predicted octanol–water partition coefficient (Wildman–Crippen LogP) is 1.91. The minimum Gasteiger partial charge on any atom is -0.368 e. The molecular weight excluding hydrogens is 352 g/mol. The molecule has 0 radical (unpaired) electrons. The predicted molar refractivity (Wildman–Crippen MR) is 112 cm³/mol. The first kappa shape index (κ1) is 20.6. The van der Waals surface area contributed by atoms with Crippen molar-refractivity contribution in [1.29, 1.82) is 0 Å². The third-order valence-corrected chi connectivity index (χ3v) is 5.86. The Morgan fingerprint density at radius 2 is 1.36 bits per heavy atom. The highest BCUT2D eigenvalue weighted by atomic mass is 16.2. The average Bonchev–Trinajstić information content (AvgIpc) is 2.72. The second-order valence-corrected chi connectivity index (χ2v) is 8.90. The van der Waals surface area contributed by atoms with Crippen molar-refractivity contribution in [2.45, 2.75) is 33.7 Å². The highest BCUT2D eigenvalue weighted by Gasteiger charge is 2.34. The van der Waals surface area contributed by atoms with Gasteiger partial charge in [0.1, 0.15) is 0 Å². The number of amides is 2. The summed E-state index contributed by atoms with van der Waals surface area (Å²) in [6.07, 6.45) is 0. The highest BCUT2D eigenvalue weighted by molar-refractivity contribution is 5.82. The quantitative estimate of drug-likeness (QED) is 0.796. The molecule has 1 aromatic rings. The zero-order valence-corrected chi connectivity index (χ0v) is 17.7. The summed E-state index contributed by atoms with van der Waals surface area (Å²) in [5, 5.41) is 0. The van der Waals surface area contributed by atoms with Gasteiger partial charge in [-0.25, -0.2) is 0 Å². The number of anilines is 1. The summed E-state index contributed by atoms with van der Waals surface area (Å²) in [6, 6.07) is 10.3. The van der Waals surface area contributed by atoms with Crippen molar-refractivity contribution in [3.63, 3.8) is 0 Å². The summed E-state index contributed by atoms with van der Waals surface area (Å²) in [6.45, 7) is 14.1. The molecule has 0 saturated carbocycles. The normalized spacial score (nSPS) is 20.2. The van der Waals surface area contributed by atoms with Crippen LogP contribution in [0.4, 0.5) is 5.69 Å². The molecule has 154 valence electrons. The maximum absolute atomic E-state index is 13.0. The van der Waals surface area contributed by atoms with Gasteiger partial charge in [-0.05, 0) is 19.1 Å². The van der Waals surface area contributed by atoms with E-state index in [1.807, 2.05) is 43.6 Å². The number of nitrogens with zero attached hydrogens (tertiary/aromatic N) is 4. The Hall–Kier alpha value is -2.08. The molecule has 1 atom stereocenters. The molecule has 3 rings (SSSR count). The molecule has 1 aromatic carbocycles. The molecule has 0 bridgehead atoms. The smallest absolute Gasteiger partial charge is 0.239 e. The fourth-order valence-electron chi connectivity index (χ4n) is 4.03. The number of hydrogen-bond donors (Lipinski definition) is 0. The average molecular weight is 387 g/mol. The van der Waals surface area contributed by atoms with E-state index in [0.717, 1.165) is 39.3 Å². The second kappa shape index (κ2) is 8.52. The molecule has 2 fully saturated rings. The molecule has 2 aliphatic heterocycles. The van der Waals surface area contributed by atoms with Crippen LogP contribution in [0, 0.1) is 5.41 Å². The lowest BCUT2D eigenvalue weighted by atomic mass is 9.94. The summed E-state index contributed by atoms with van der Waals surface area (Å²) in [5.41, 5.74) is 0.879. The van der Waals surface area contributed by atoms with Crippen LogP contribution in [0.25, 0.3) is 0 Å². The minimum atomic E-state index is -0.345. The van der Waals surface area contributed by atoms with Crippen molar-refractivity contribution in [2.24, 2.45) is 5.41 Å². The fraction of sp³-hybridized carbons (Fsp3) is 0.636. The third-order valence-electron chi connectivity index (χ3n) is 5.86. The highest BCUT2D eigenvalue weighted by Crippen LogP contribution is 2.20. The molecule has 1 unspecified atom stereocenters. The van der Waals surface area contributed by atoms with Crippen molar-refractivity contribution < 1.29 is 9.59 Å². The van der Waals surface area contributed by atoms with Crippen LogP contribution in [0.5, 0.6) is 0 Å². The molecule has 2 amide bonds. The van der Waals surface area contributed by atoms with E-state index in [1.165, 1.54) is 5.69 Å². The Labute approximate surface area is 169 Å². The summed E-state index contributed by atoms with van der Waals surface area (Å²) in [5.74, 6) is 0.409. The van der Waals surface area contributed by atoms with Crippen LogP contribution in [0.3, 0.4) is 0 Å². The summed E-state index contributed by atoms with van der Waals surface area (Å²) >= 11 is 0. The Kier molecular flexibility index (Phi) is 6.28. The molecule has 28 heavy (non-hydrogen) atoms. The van der Waals surface area contributed by atoms with E-state index in [9.17, 15) is 9.59 Å². The monoisotopic (exact) mass is 386 g/mol. The first-order chi connectivity index (χ1) is 13.3. The van der Waals surface area contributed by atoms with E-state index in [1.54, 1.807) is 0 Å². The van der Waals surface area contributed by atoms with E-state index in [2.05, 4.69) is 34.1 Å². The second-order valence-electron chi connectivity index (χ2n) is 8.90. The summed E-state index contributed by atoms with van der Waals surface area (Å²) in [4.78, 5) is 33.9. The molecule has 0 aromatic heterocycles. The number of carbonyl (C=O) groups excluding carboxylic acids is 2. The van der Waals surface area contributed by atoms with Gasteiger partial charge in [0, 0.05) is 63.5 Å². The third kappa shape index (κ3) is 4.66. The molecule has 6 heteroatoms. The van der Waals surface area contributed by atoms with Crippen molar-refractivity contribution in [1.82, 2.24) is 14.7 Å². The van der Waals surface area contributed by atoms with E-state index in [4.69, 9.17) is 0 Å². The maximum atomic E-state index is 13.0. The van der Waals surface area contributed by atoms with Gasteiger partial charge in [0.25, 0.3) is 0 Å². The van der Waals surface area contributed by atoms with Gasteiger partial charge in [0.05, 0.1) is 6.04 Å². The lowest BCUT2D eigenvalue weighted by Gasteiger charge is -2.42. The first-order valence-electron chi connectivity index (χ1n) is 10.4. The number of hydrogen-bond acceptors (Lipinski definition) is 4. The number of piperazine rings is 2. The lowest BCUT2D eigenvalue weighted by molar-refractivity contribution is -0.143. The molecule has 0 N–H and O–H groups in total. The zero-order chi connectivity index (χ0) is 20.3. The Bertz CT molecular complexity index is 670. The minimum absolute atomic E-state index is 0.129. The van der Waals surface area contributed by atoms with Crippen LogP contribution in [-0.4, -0.2) is 84.9 Å². The molecule has 6 nitrogen and oxygen atoms in total. The first-order valence-corrected chi connectivity index (χ1v) is 10.4. The Balaban J connectivity index is 1.49. The SMILES string of the molecule is CC(C(=O)N1CCN(c2ccccc2)CC1)N1CCN(C(=O)C(C)(C)C)CC1. The van der Waals surface area contributed by atoms with Gasteiger partial charge in [-0.1, -0.05) is 39.0 Å². The van der Waals surface area contributed by atoms with Crippen LogP contribution in [0.15, 0.2) is 30.3 Å². The summed E-state index contributed by atoms with van der Waals surface area (Å²) < 4.78 is 0. The van der Waals surface area contributed by atoms with Gasteiger partial charge in [0.15, 0.2) is 0 Å². The van der Waals surface area contributed by atoms with Crippen LogP contribution < -0.4 is 4.90 Å². The number of carbonyl (C=O) groups is 2. The van der Waals surface area contributed by atoms with Gasteiger partial charge in [-0.15, -0.1) is 0 Å². The van der Waals surface area contributed by atoms with Crippen LogP contribution in [0.1, 0.15) is 27.7 Å². The van der Waals surface area contributed by atoms with E-state index < -0.39 is 0 Å². The van der Waals surface area contributed by atoms with E-state index in [-0.39, 0.29) is 23.3 Å². The van der Waals surface area contributed by atoms with Crippen molar-refractivity contribution in [3.8, 4) is 0 Å². The van der Waals surface area contributed by atoms with Gasteiger partial charge in [0.2, 0.25) is 11.8 Å². The Morgan fingerprint density at radius 3 is 1.89 bits per heavy atom. The molecule has 2 saturated heterocycles. The number of benzene rings is 1. The van der Waals surface area contributed by atoms with E-state index in [0.29, 0.717) is 13.1 Å². The molecule has 2 heterocycles. The molecule has 0 spiro atoms. The fourth-order valence-corrected chi connectivity index (χ4v) is 4.03. The van der Waals surface area contributed by atoms with Gasteiger partial charge in [-0.2, -0.15) is 0 Å². The zero-order valence-electron chi connectivity index (χ0n) is 17.7. The van der Waals surface area contributed by atoms with Crippen LogP contribution in [0.2, 0.25) is 0 Å². The topological polar surface area (TPSA) is 47.1 Å². The standard InChI is InChI=1S/C22H34N4O2/c1-18(23-10-16-26(17-11-23)21(28)22(2,3)4)20(27)25-14-12-24(13-15-25)19-8-6-5-7-9-19/h5-9,18H,10-17H2,1-4H3. The van der Waals surface area contributed by atoms with Gasteiger partial charge in [-0.3, -0.25) is 14.5 Å². The van der Waals surface area contributed by atoms with Crippen LogP contribution in [-0.2, 0) is 9.59 Å². The molecule has 2 aliphatic rings. The lowest BCUT2D eigenvalue weighted by Crippen LogP contribution is -2.58. The van der Waals surface area contributed by atoms with E-state index >= 15 is 0 Å². The van der Waals surface area contributed by atoms with Crippen molar-refractivity contribution >= 4 is 17.5 Å². The molecular formula is C22H34N4O2. The van der Waals surface area contributed by atoms with Gasteiger partial charge >= 0.3 is 0 Å². The van der Waals surface area contributed by atoms with Crippen molar-refractivity contribution in [3.05, 3.63) is 30.3 Å². The summed E-state index contributed by atoms with van der Waals surface area (Å²) in [7, 11) is 0. The van der Waals surface area contributed by atoms with Crippen LogP contribution >= 0.6 is 0 Å². The number of para-hydroxylation sites is 1. The molecule has 0 aliphatic carbocycles. The largest absolute Gasteiger partial charge is 0.368 e. The maximum Gasteiger partial charge on any atom is 0.239 e. The Morgan fingerprint density at radius 1 is 0.821 bits per heavy atom. The van der Waals surface area contributed by atoms with Gasteiger partial charge < -0.3 is 14.7 Å². The van der Waals surface area contributed by atoms with Crippen molar-refractivity contribution in [2.75, 3.05) is 57.3 Å². The number of rotatable bonds is 3.